The number of guanidine groups is 1. The van der Waals surface area contributed by atoms with Crippen LogP contribution in [0.2, 0.25) is 0 Å². The Bertz CT molecular complexity index is 730. The third-order valence-corrected chi connectivity index (χ3v) is 4.99. The van der Waals surface area contributed by atoms with Gasteiger partial charge in [-0.3, -0.25) is 4.99 Å². The fourth-order valence-electron chi connectivity index (χ4n) is 2.22. The first-order valence-electron chi connectivity index (χ1n) is 8.94. The number of sulfonamides is 1. The molecule has 0 radical (unpaired) electrons. The molecule has 28 heavy (non-hydrogen) atoms. The maximum Gasteiger partial charge on any atom is 0.387 e. The van der Waals surface area contributed by atoms with Crippen LogP contribution >= 0.6 is 0 Å². The van der Waals surface area contributed by atoms with Crippen molar-refractivity contribution < 1.29 is 26.7 Å². The van der Waals surface area contributed by atoms with E-state index in [1.165, 1.54) is 0 Å². The highest BCUT2D eigenvalue weighted by Crippen LogP contribution is 2.32. The summed E-state index contributed by atoms with van der Waals surface area (Å²) in [6, 6.07) is 4.91. The first-order chi connectivity index (χ1) is 13.3. The average Bonchev–Trinajstić information content (AvgIpc) is 2.65. The Kier molecular flexibility index (Phi) is 10.5. The van der Waals surface area contributed by atoms with Gasteiger partial charge in [0.25, 0.3) is 0 Å². The van der Waals surface area contributed by atoms with E-state index in [1.807, 2.05) is 0 Å². The molecule has 0 atom stereocenters. The molecule has 0 amide bonds. The Morgan fingerprint density at radius 1 is 1.21 bits per heavy atom. The van der Waals surface area contributed by atoms with Crippen LogP contribution in [0, 0.1) is 0 Å². The van der Waals surface area contributed by atoms with Gasteiger partial charge in [-0.25, -0.2) is 13.1 Å². The molecule has 160 valence electrons. The van der Waals surface area contributed by atoms with Gasteiger partial charge in [0.2, 0.25) is 10.0 Å². The van der Waals surface area contributed by atoms with Crippen molar-refractivity contribution in [2.24, 2.45) is 4.99 Å². The second-order valence-electron chi connectivity index (χ2n) is 5.56. The highest BCUT2D eigenvalue weighted by atomic mass is 32.2. The van der Waals surface area contributed by atoms with Crippen LogP contribution in [-0.4, -0.2) is 53.5 Å². The van der Waals surface area contributed by atoms with Crippen molar-refractivity contribution in [1.82, 2.24) is 15.4 Å². The van der Waals surface area contributed by atoms with E-state index in [1.54, 1.807) is 39.1 Å². The minimum absolute atomic E-state index is 0.0173. The third-order valence-electron chi connectivity index (χ3n) is 3.59. The number of hydrogen-bond acceptors (Lipinski definition) is 5. The van der Waals surface area contributed by atoms with Crippen LogP contribution in [0.5, 0.6) is 11.5 Å². The minimum Gasteiger partial charge on any atom is -0.490 e. The molecular formula is C17H28F2N4O4S. The lowest BCUT2D eigenvalue weighted by atomic mass is 10.2. The van der Waals surface area contributed by atoms with Gasteiger partial charge in [0.05, 0.1) is 12.4 Å². The van der Waals surface area contributed by atoms with Crippen LogP contribution in [0.4, 0.5) is 8.78 Å². The number of hydrogen-bond donors (Lipinski definition) is 3. The van der Waals surface area contributed by atoms with Crippen LogP contribution in [0.15, 0.2) is 23.2 Å². The topological polar surface area (TPSA) is 101 Å². The molecule has 8 nitrogen and oxygen atoms in total. The number of nitrogens with zero attached hydrogens (tertiary/aromatic N) is 1. The Balaban J connectivity index is 2.60. The molecule has 11 heteroatoms. The normalized spacial score (nSPS) is 12.1. The molecule has 0 unspecified atom stereocenters. The van der Waals surface area contributed by atoms with E-state index in [-0.39, 0.29) is 23.8 Å². The van der Waals surface area contributed by atoms with Crippen LogP contribution in [0.25, 0.3) is 0 Å². The summed E-state index contributed by atoms with van der Waals surface area (Å²) in [5.74, 6) is 0.709. The first kappa shape index (κ1) is 23.9. The van der Waals surface area contributed by atoms with E-state index in [9.17, 15) is 17.2 Å². The summed E-state index contributed by atoms with van der Waals surface area (Å²) in [4.78, 5) is 4.05. The van der Waals surface area contributed by atoms with E-state index in [4.69, 9.17) is 4.74 Å². The second kappa shape index (κ2) is 12.3. The number of alkyl halides is 2. The van der Waals surface area contributed by atoms with Crippen LogP contribution in [-0.2, 0) is 16.6 Å². The van der Waals surface area contributed by atoms with Crippen molar-refractivity contribution in [2.45, 2.75) is 33.4 Å². The van der Waals surface area contributed by atoms with Gasteiger partial charge in [-0.05, 0) is 26.3 Å². The van der Waals surface area contributed by atoms with Gasteiger partial charge in [0.1, 0.15) is 0 Å². The Labute approximate surface area is 164 Å². The number of halogens is 2. The van der Waals surface area contributed by atoms with Gasteiger partial charge in [-0.1, -0.05) is 12.1 Å². The maximum absolute atomic E-state index is 12.8. The van der Waals surface area contributed by atoms with Crippen molar-refractivity contribution in [3.05, 3.63) is 23.8 Å². The highest BCUT2D eigenvalue weighted by Gasteiger charge is 2.16. The summed E-state index contributed by atoms with van der Waals surface area (Å²) in [6.45, 7) is 1.65. The zero-order valence-corrected chi connectivity index (χ0v) is 17.1. The van der Waals surface area contributed by atoms with Gasteiger partial charge < -0.3 is 20.1 Å². The molecule has 3 N–H and O–H groups in total. The lowest BCUT2D eigenvalue weighted by molar-refractivity contribution is -0.0520. The van der Waals surface area contributed by atoms with Gasteiger partial charge in [0, 0.05) is 32.2 Å². The predicted octanol–water partition coefficient (Wildman–Crippen LogP) is 1.68. The van der Waals surface area contributed by atoms with Gasteiger partial charge in [-0.2, -0.15) is 8.78 Å². The molecule has 1 aromatic rings. The summed E-state index contributed by atoms with van der Waals surface area (Å²) in [7, 11) is -1.63. The SMILES string of the molecule is CCOc1cccc(CNC(=NC)NCCCNS(=O)(=O)CC)c1OC(F)F. The molecule has 0 spiro atoms. The van der Waals surface area contributed by atoms with E-state index in [0.717, 1.165) is 0 Å². The summed E-state index contributed by atoms with van der Waals surface area (Å²) in [5.41, 5.74) is 0.491. The van der Waals surface area contributed by atoms with Crippen molar-refractivity contribution in [3.63, 3.8) is 0 Å². The van der Waals surface area contributed by atoms with E-state index >= 15 is 0 Å². The van der Waals surface area contributed by atoms with E-state index in [2.05, 4.69) is 25.1 Å². The standard InChI is InChI=1S/C17H28F2N4O4S/c1-4-26-14-9-6-8-13(15(14)27-16(18)19)12-22-17(20-3)21-10-7-11-23-28(24,25)5-2/h6,8-9,16,23H,4-5,7,10-12H2,1-3H3,(H2,20,21,22). The predicted molar refractivity (Wildman–Crippen MR) is 105 cm³/mol. The van der Waals surface area contributed by atoms with Gasteiger partial charge in [-0.15, -0.1) is 0 Å². The molecule has 0 saturated heterocycles. The first-order valence-corrected chi connectivity index (χ1v) is 10.6. The molecule has 0 aliphatic rings. The van der Waals surface area contributed by atoms with Crippen LogP contribution < -0.4 is 24.8 Å². The fraction of sp³-hybridized carbons (Fsp3) is 0.588. The average molecular weight is 422 g/mol. The smallest absolute Gasteiger partial charge is 0.387 e. The zero-order chi connectivity index (χ0) is 21.0. The quantitative estimate of drug-likeness (QED) is 0.269. The zero-order valence-electron chi connectivity index (χ0n) is 16.3. The molecule has 0 fully saturated rings. The summed E-state index contributed by atoms with van der Waals surface area (Å²) in [6.07, 6.45) is 0.555. The number of para-hydroxylation sites is 1. The maximum atomic E-state index is 12.8. The number of ether oxygens (including phenoxy) is 2. The molecule has 0 aliphatic carbocycles. The Morgan fingerprint density at radius 3 is 2.57 bits per heavy atom. The van der Waals surface area contributed by atoms with Crippen molar-refractivity contribution >= 4 is 16.0 Å². The molecule has 1 rings (SSSR count). The van der Waals surface area contributed by atoms with Gasteiger partial charge >= 0.3 is 6.61 Å². The monoisotopic (exact) mass is 422 g/mol. The number of nitrogens with one attached hydrogen (secondary N) is 3. The Hall–Kier alpha value is -2.14. The molecule has 0 bridgehead atoms. The van der Waals surface area contributed by atoms with E-state index < -0.39 is 16.6 Å². The van der Waals surface area contributed by atoms with Gasteiger partial charge in [0.15, 0.2) is 17.5 Å². The number of benzene rings is 1. The summed E-state index contributed by atoms with van der Waals surface area (Å²) >= 11 is 0. The van der Waals surface area contributed by atoms with E-state index in [0.29, 0.717) is 37.6 Å². The lowest BCUT2D eigenvalue weighted by Gasteiger charge is -2.17. The number of rotatable bonds is 12. The minimum atomic E-state index is -3.21. The molecular weight excluding hydrogens is 394 g/mol. The van der Waals surface area contributed by atoms with Crippen molar-refractivity contribution in [2.75, 3.05) is 32.5 Å². The molecule has 0 aromatic heterocycles. The van der Waals surface area contributed by atoms with Crippen molar-refractivity contribution in [3.8, 4) is 11.5 Å². The largest absolute Gasteiger partial charge is 0.490 e. The highest BCUT2D eigenvalue weighted by molar-refractivity contribution is 7.89. The molecule has 0 aliphatic heterocycles. The number of aliphatic imine (C=N–C) groups is 1. The molecule has 0 saturated carbocycles. The Morgan fingerprint density at radius 2 is 1.96 bits per heavy atom. The van der Waals surface area contributed by atoms with Crippen LogP contribution in [0.3, 0.4) is 0 Å². The van der Waals surface area contributed by atoms with Crippen molar-refractivity contribution in [1.29, 1.82) is 0 Å². The second-order valence-corrected chi connectivity index (χ2v) is 7.66. The van der Waals surface area contributed by atoms with Crippen LogP contribution in [0.1, 0.15) is 25.8 Å². The third kappa shape index (κ3) is 8.70. The lowest BCUT2D eigenvalue weighted by Crippen LogP contribution is -2.38. The summed E-state index contributed by atoms with van der Waals surface area (Å²) in [5, 5.41) is 6.03. The summed E-state index contributed by atoms with van der Waals surface area (Å²) < 4.78 is 60.7. The molecule has 1 aromatic carbocycles. The fourth-order valence-corrected chi connectivity index (χ4v) is 2.88. The molecule has 0 heterocycles.